The highest BCUT2D eigenvalue weighted by atomic mass is 16.6. The van der Waals surface area contributed by atoms with Crippen molar-refractivity contribution in [1.29, 1.82) is 0 Å². The molecule has 2 aromatic carbocycles. The van der Waals surface area contributed by atoms with Gasteiger partial charge in [-0.3, -0.25) is 19.2 Å². The molecule has 0 aliphatic carbocycles. The summed E-state index contributed by atoms with van der Waals surface area (Å²) in [5.74, 6) is -7.44. The minimum Gasteiger partial charge on any atom is -0.489 e. The number of aryl methyl sites for hydroxylation is 2. The van der Waals surface area contributed by atoms with Gasteiger partial charge in [0.25, 0.3) is 0 Å². The van der Waals surface area contributed by atoms with Gasteiger partial charge in [-0.2, -0.15) is 0 Å². The van der Waals surface area contributed by atoms with Crippen LogP contribution >= 0.6 is 0 Å². The molecule has 0 fully saturated rings. The highest BCUT2D eigenvalue weighted by molar-refractivity contribution is 6.02. The largest absolute Gasteiger partial charge is 0.489 e. The van der Waals surface area contributed by atoms with Crippen LogP contribution in [-0.4, -0.2) is 57.5 Å². The molecule has 1 heterocycles. The highest BCUT2D eigenvalue weighted by Gasteiger charge is 2.29. The number of nitrogens with zero attached hydrogens (tertiary/aromatic N) is 1. The van der Waals surface area contributed by atoms with Gasteiger partial charge in [0.2, 0.25) is 0 Å². The second-order valence-electron chi connectivity index (χ2n) is 8.84. The highest BCUT2D eigenvalue weighted by Crippen LogP contribution is 2.37. The predicted molar refractivity (Wildman–Crippen MR) is 135 cm³/mol. The first-order valence-electron chi connectivity index (χ1n) is 11.9. The Kier molecular flexibility index (Phi) is 9.20. The number of carboxylic acids is 3. The number of ether oxygens (including phenoxy) is 2. The number of hydrogen-bond acceptors (Lipinski definition) is 8. The lowest BCUT2D eigenvalue weighted by molar-refractivity contribution is -0.148. The number of carbonyl (C=O) groups is 5. The van der Waals surface area contributed by atoms with Gasteiger partial charge in [0.1, 0.15) is 0 Å². The van der Waals surface area contributed by atoms with Crippen LogP contribution in [-0.2, 0) is 27.2 Å². The molecule has 1 atom stereocenters. The van der Waals surface area contributed by atoms with Crippen molar-refractivity contribution in [3.05, 3.63) is 52.6 Å². The maximum atomic E-state index is 13.2. The van der Waals surface area contributed by atoms with Gasteiger partial charge in [-0.1, -0.05) is 0 Å². The number of aliphatic carboxylic acids is 3. The Hall–Kier alpha value is -4.94. The number of fused-ring (bicyclic) bond motifs is 2. The summed E-state index contributed by atoms with van der Waals surface area (Å²) in [7, 11) is 0. The van der Waals surface area contributed by atoms with Crippen LogP contribution in [0.4, 0.5) is 5.69 Å². The zero-order valence-corrected chi connectivity index (χ0v) is 20.7. The van der Waals surface area contributed by atoms with Crippen LogP contribution in [0.3, 0.4) is 0 Å². The Bertz CT molecular complexity index is 1350. The molecule has 1 unspecified atom stereocenters. The third kappa shape index (κ3) is 7.77. The zero-order valence-electron chi connectivity index (χ0n) is 20.7. The van der Waals surface area contributed by atoms with Crippen LogP contribution in [0, 0.1) is 5.92 Å². The van der Waals surface area contributed by atoms with Gasteiger partial charge in [-0.15, -0.1) is 0 Å². The molecule has 0 amide bonds. The molecule has 0 saturated heterocycles. The molecule has 0 aromatic heterocycles. The lowest BCUT2D eigenvalue weighted by atomic mass is 9.93. The van der Waals surface area contributed by atoms with E-state index in [-0.39, 0.29) is 48.0 Å². The molecule has 13 nitrogen and oxygen atoms in total. The molecular formula is C26H27N3O10. The number of Topliss-reactive ketones (excluding diaryl/α,β-unsaturated/α-hetero) is 1. The Balaban J connectivity index is 2.06. The van der Waals surface area contributed by atoms with E-state index >= 15 is 0 Å². The van der Waals surface area contributed by atoms with E-state index in [9.17, 15) is 29.1 Å². The van der Waals surface area contributed by atoms with E-state index in [4.69, 9.17) is 31.2 Å². The molecule has 1 aliphatic heterocycles. The fraction of sp³-hybridized carbons (Fsp3) is 0.308. The maximum absolute atomic E-state index is 13.2. The second kappa shape index (κ2) is 12.5. The summed E-state index contributed by atoms with van der Waals surface area (Å²) in [5, 5.41) is 27.5. The van der Waals surface area contributed by atoms with E-state index in [1.807, 2.05) is 0 Å². The second-order valence-corrected chi connectivity index (χ2v) is 8.84. The molecule has 0 spiro atoms. The number of carbonyl (C=O) groups excluding carboxylic acids is 2. The summed E-state index contributed by atoms with van der Waals surface area (Å²) in [4.78, 5) is 64.2. The summed E-state index contributed by atoms with van der Waals surface area (Å²) >= 11 is 0. The van der Waals surface area contributed by atoms with Gasteiger partial charge >= 0.3 is 23.9 Å². The van der Waals surface area contributed by atoms with Crippen LogP contribution in [0.2, 0.25) is 0 Å². The average Bonchev–Trinajstić information content (AvgIpc) is 2.84. The van der Waals surface area contributed by atoms with Gasteiger partial charge in [0.05, 0.1) is 35.8 Å². The van der Waals surface area contributed by atoms with Crippen molar-refractivity contribution in [3.8, 4) is 11.5 Å². The fourth-order valence-electron chi connectivity index (χ4n) is 4.07. The average molecular weight is 542 g/mol. The van der Waals surface area contributed by atoms with E-state index in [1.54, 1.807) is 6.07 Å². The monoisotopic (exact) mass is 541 g/mol. The number of esters is 1. The molecule has 0 radical (unpaired) electrons. The Morgan fingerprint density at radius 3 is 2.38 bits per heavy atom. The number of aliphatic imine (C=N–C) groups is 1. The normalized spacial score (nSPS) is 13.5. The summed E-state index contributed by atoms with van der Waals surface area (Å²) < 4.78 is 11.4. The van der Waals surface area contributed by atoms with Crippen LogP contribution < -0.4 is 20.9 Å². The molecule has 7 N–H and O–H groups in total. The molecule has 0 bridgehead atoms. The van der Waals surface area contributed by atoms with E-state index in [0.29, 0.717) is 29.7 Å². The van der Waals surface area contributed by atoms with Gasteiger partial charge in [-0.25, -0.2) is 9.79 Å². The van der Waals surface area contributed by atoms with Crippen molar-refractivity contribution < 1.29 is 48.8 Å². The van der Waals surface area contributed by atoms with Gasteiger partial charge in [0, 0.05) is 12.8 Å². The minimum atomic E-state index is -1.51. The predicted octanol–water partition coefficient (Wildman–Crippen LogP) is 1.90. The lowest BCUT2D eigenvalue weighted by Gasteiger charge is -2.20. The van der Waals surface area contributed by atoms with E-state index < -0.39 is 48.4 Å². The SMILES string of the molecule is NC(N)=Nc1ccc2c(c1)CCCOc1c(cc(CCC(=O)O)cc1C(=O)CC(CC(=O)O)C(=O)O)OC2=O. The topological polar surface area (TPSA) is 229 Å². The van der Waals surface area contributed by atoms with E-state index in [2.05, 4.69) is 4.99 Å². The minimum absolute atomic E-state index is 0.0314. The number of hydrogen-bond donors (Lipinski definition) is 5. The molecule has 1 aliphatic rings. The number of ketones is 1. The lowest BCUT2D eigenvalue weighted by Crippen LogP contribution is -2.22. The van der Waals surface area contributed by atoms with Crippen LogP contribution in [0.15, 0.2) is 35.3 Å². The van der Waals surface area contributed by atoms with Gasteiger partial charge < -0.3 is 36.3 Å². The maximum Gasteiger partial charge on any atom is 0.343 e. The summed E-state index contributed by atoms with van der Waals surface area (Å²) in [5.41, 5.74) is 12.3. The number of guanidine groups is 1. The van der Waals surface area contributed by atoms with Crippen molar-refractivity contribution >= 4 is 41.3 Å². The number of nitrogens with two attached hydrogens (primary N) is 2. The number of benzene rings is 2. The Morgan fingerprint density at radius 2 is 1.74 bits per heavy atom. The Labute approximate surface area is 222 Å². The molecule has 0 saturated carbocycles. The van der Waals surface area contributed by atoms with Crippen LogP contribution in [0.5, 0.6) is 11.5 Å². The van der Waals surface area contributed by atoms with E-state index in [0.717, 1.165) is 0 Å². The third-order valence-electron chi connectivity index (χ3n) is 5.85. The van der Waals surface area contributed by atoms with Gasteiger partial charge in [0.15, 0.2) is 23.2 Å². The molecular weight excluding hydrogens is 514 g/mol. The van der Waals surface area contributed by atoms with E-state index in [1.165, 1.54) is 24.3 Å². The van der Waals surface area contributed by atoms with Gasteiger partial charge in [-0.05, 0) is 60.7 Å². The summed E-state index contributed by atoms with van der Waals surface area (Å²) in [6.45, 7) is 0.0722. The first kappa shape index (κ1) is 28.6. The van der Waals surface area contributed by atoms with Crippen LogP contribution in [0.1, 0.15) is 57.5 Å². The number of carboxylic acid groups (broad SMARTS) is 3. The first-order chi connectivity index (χ1) is 18.4. The van der Waals surface area contributed by atoms with Crippen LogP contribution in [0.25, 0.3) is 0 Å². The zero-order chi connectivity index (χ0) is 28.7. The van der Waals surface area contributed by atoms with Crippen molar-refractivity contribution in [2.75, 3.05) is 6.61 Å². The molecule has 206 valence electrons. The van der Waals surface area contributed by atoms with Crippen molar-refractivity contribution in [2.24, 2.45) is 22.4 Å². The van der Waals surface area contributed by atoms with Crippen molar-refractivity contribution in [2.45, 2.75) is 38.5 Å². The summed E-state index contributed by atoms with van der Waals surface area (Å²) in [6.07, 6.45) is -1.01. The molecule has 2 aromatic rings. The summed E-state index contributed by atoms with van der Waals surface area (Å²) in [6, 6.07) is 7.37. The number of rotatable bonds is 10. The third-order valence-corrected chi connectivity index (χ3v) is 5.85. The standard InChI is InChI=1S/C26H27N3O10/c27-26(28)29-16-4-5-17-14(10-16)2-1-7-38-23-18(19(30)11-15(24(35)36)12-22(33)34)8-13(3-6-21(31)32)9-20(23)39-25(17)37/h4-5,8-10,15H,1-3,6-7,11-12H2,(H,31,32)(H,33,34)(H,35,36)(H4,27,28,29). The first-order valence-corrected chi connectivity index (χ1v) is 11.9. The quantitative estimate of drug-likeness (QED) is 0.0954. The van der Waals surface area contributed by atoms with Crippen molar-refractivity contribution in [3.63, 3.8) is 0 Å². The molecule has 13 heteroatoms. The van der Waals surface area contributed by atoms with Crippen molar-refractivity contribution in [1.82, 2.24) is 0 Å². The fourth-order valence-corrected chi connectivity index (χ4v) is 4.07. The smallest absolute Gasteiger partial charge is 0.343 e. The Morgan fingerprint density at radius 1 is 1.00 bits per heavy atom. The molecule has 39 heavy (non-hydrogen) atoms. The molecule has 3 rings (SSSR count).